The van der Waals surface area contributed by atoms with Crippen LogP contribution in [-0.4, -0.2) is 20.1 Å². The summed E-state index contributed by atoms with van der Waals surface area (Å²) >= 11 is 5.44. The molecular weight excluding hydrogens is 168 g/mol. The van der Waals surface area contributed by atoms with Crippen LogP contribution in [0.5, 0.6) is 0 Å². The number of anilines is 1. The molecule has 0 amide bonds. The molecule has 1 aromatic heterocycles. The molecule has 6 heteroatoms. The predicted octanol–water partition coefficient (Wildman–Crippen LogP) is 0.160. The summed E-state index contributed by atoms with van der Waals surface area (Å²) in [6, 6.07) is 0. The molecule has 0 bridgehead atoms. The maximum absolute atomic E-state index is 9.01. The molecular formula is C5H7ClN4O. The Bertz CT molecular complexity index is 244. The molecule has 1 heterocycles. The molecule has 0 saturated heterocycles. The van der Waals surface area contributed by atoms with Gasteiger partial charge in [0.25, 0.3) is 0 Å². The number of aliphatic hydroxyl groups excluding tert-OH is 1. The third-order valence-electron chi connectivity index (χ3n) is 1.02. The minimum absolute atomic E-state index is 0.00611. The van der Waals surface area contributed by atoms with E-state index < -0.39 is 6.10 Å². The van der Waals surface area contributed by atoms with Gasteiger partial charge < -0.3 is 10.8 Å². The lowest BCUT2D eigenvalue weighted by Gasteiger charge is -2.01. The van der Waals surface area contributed by atoms with E-state index in [0.29, 0.717) is 0 Å². The van der Waals surface area contributed by atoms with Crippen molar-refractivity contribution < 1.29 is 5.11 Å². The molecule has 1 aromatic rings. The molecule has 0 aliphatic heterocycles. The number of rotatable bonds is 1. The summed E-state index contributed by atoms with van der Waals surface area (Å²) in [6.07, 6.45) is -0.780. The number of aromatic nitrogens is 3. The predicted molar refractivity (Wildman–Crippen MR) is 39.9 cm³/mol. The Balaban J connectivity index is 3.08. The van der Waals surface area contributed by atoms with Crippen molar-refractivity contribution in [3.63, 3.8) is 0 Å². The molecule has 5 nitrogen and oxygen atoms in total. The van der Waals surface area contributed by atoms with Gasteiger partial charge in [-0.1, -0.05) is 0 Å². The molecule has 1 unspecified atom stereocenters. The zero-order valence-electron chi connectivity index (χ0n) is 5.82. The molecule has 1 rings (SSSR count). The highest BCUT2D eigenvalue weighted by Crippen LogP contribution is 2.09. The van der Waals surface area contributed by atoms with Crippen molar-refractivity contribution in [3.8, 4) is 0 Å². The molecule has 1 atom stereocenters. The van der Waals surface area contributed by atoms with Gasteiger partial charge in [-0.2, -0.15) is 15.0 Å². The zero-order valence-corrected chi connectivity index (χ0v) is 6.58. The van der Waals surface area contributed by atoms with Gasteiger partial charge in [-0.15, -0.1) is 0 Å². The Morgan fingerprint density at radius 1 is 1.45 bits per heavy atom. The van der Waals surface area contributed by atoms with Crippen LogP contribution in [0.25, 0.3) is 0 Å². The Morgan fingerprint density at radius 3 is 2.55 bits per heavy atom. The minimum Gasteiger partial charge on any atom is -0.385 e. The van der Waals surface area contributed by atoms with Crippen LogP contribution in [0.4, 0.5) is 5.95 Å². The molecule has 3 N–H and O–H groups in total. The first-order valence-electron chi connectivity index (χ1n) is 2.94. The van der Waals surface area contributed by atoms with Gasteiger partial charge in [0.15, 0.2) is 5.82 Å². The topological polar surface area (TPSA) is 84.9 Å². The van der Waals surface area contributed by atoms with Gasteiger partial charge in [0.05, 0.1) is 0 Å². The van der Waals surface area contributed by atoms with Gasteiger partial charge in [-0.25, -0.2) is 0 Å². The quantitative estimate of drug-likeness (QED) is 0.634. The second-order valence-corrected chi connectivity index (χ2v) is 2.33. The molecule has 60 valence electrons. The number of hydrogen-bond acceptors (Lipinski definition) is 5. The van der Waals surface area contributed by atoms with Gasteiger partial charge in [0.1, 0.15) is 6.10 Å². The average Bonchev–Trinajstić information content (AvgIpc) is 1.85. The SMILES string of the molecule is CC(O)c1nc(N)nc(Cl)n1. The third-order valence-corrected chi connectivity index (χ3v) is 1.19. The minimum atomic E-state index is -0.780. The van der Waals surface area contributed by atoms with Gasteiger partial charge in [0.2, 0.25) is 11.2 Å². The summed E-state index contributed by atoms with van der Waals surface area (Å²) < 4.78 is 0. The maximum Gasteiger partial charge on any atom is 0.227 e. The monoisotopic (exact) mass is 174 g/mol. The molecule has 0 spiro atoms. The van der Waals surface area contributed by atoms with Gasteiger partial charge in [0, 0.05) is 0 Å². The lowest BCUT2D eigenvalue weighted by molar-refractivity contribution is 0.188. The first kappa shape index (κ1) is 8.16. The van der Waals surface area contributed by atoms with Crippen LogP contribution < -0.4 is 5.73 Å². The first-order valence-corrected chi connectivity index (χ1v) is 3.32. The molecule has 0 saturated carbocycles. The van der Waals surface area contributed by atoms with Gasteiger partial charge >= 0.3 is 0 Å². The van der Waals surface area contributed by atoms with E-state index in [1.807, 2.05) is 0 Å². The molecule has 11 heavy (non-hydrogen) atoms. The van der Waals surface area contributed by atoms with Crippen LogP contribution in [0.3, 0.4) is 0 Å². The molecule has 0 aromatic carbocycles. The number of nitrogen functional groups attached to an aromatic ring is 1. The Morgan fingerprint density at radius 2 is 2.09 bits per heavy atom. The van der Waals surface area contributed by atoms with Gasteiger partial charge in [-0.3, -0.25) is 0 Å². The normalized spacial score (nSPS) is 13.0. The molecule has 0 radical (unpaired) electrons. The Kier molecular flexibility index (Phi) is 2.21. The second-order valence-electron chi connectivity index (χ2n) is 2.00. The van der Waals surface area contributed by atoms with Crippen LogP contribution in [0.15, 0.2) is 0 Å². The van der Waals surface area contributed by atoms with Crippen molar-refractivity contribution >= 4 is 17.5 Å². The average molecular weight is 175 g/mol. The van der Waals surface area contributed by atoms with Crippen molar-refractivity contribution in [2.24, 2.45) is 0 Å². The van der Waals surface area contributed by atoms with E-state index in [-0.39, 0.29) is 17.1 Å². The Hall–Kier alpha value is -0.940. The lowest BCUT2D eigenvalue weighted by Crippen LogP contribution is -2.05. The fourth-order valence-electron chi connectivity index (χ4n) is 0.568. The zero-order chi connectivity index (χ0) is 8.43. The van der Waals surface area contributed by atoms with E-state index >= 15 is 0 Å². The van der Waals surface area contributed by atoms with Crippen LogP contribution >= 0.6 is 11.6 Å². The fourth-order valence-corrected chi connectivity index (χ4v) is 0.741. The second kappa shape index (κ2) is 2.98. The number of halogens is 1. The molecule has 0 aliphatic carbocycles. The summed E-state index contributed by atoms with van der Waals surface area (Å²) in [5, 5.41) is 9.00. The molecule has 0 aliphatic rings. The van der Waals surface area contributed by atoms with Crippen LogP contribution in [0.2, 0.25) is 5.28 Å². The number of aliphatic hydroxyl groups is 1. The maximum atomic E-state index is 9.01. The smallest absolute Gasteiger partial charge is 0.227 e. The largest absolute Gasteiger partial charge is 0.385 e. The van der Waals surface area contributed by atoms with E-state index in [9.17, 15) is 0 Å². The van der Waals surface area contributed by atoms with Gasteiger partial charge in [-0.05, 0) is 18.5 Å². The van der Waals surface area contributed by atoms with Crippen molar-refractivity contribution in [1.82, 2.24) is 15.0 Å². The summed E-state index contributed by atoms with van der Waals surface area (Å²) in [4.78, 5) is 10.8. The van der Waals surface area contributed by atoms with Crippen molar-refractivity contribution in [2.45, 2.75) is 13.0 Å². The fraction of sp³-hybridized carbons (Fsp3) is 0.400. The standard InChI is InChI=1S/C5H7ClN4O/c1-2(11)3-8-4(6)10-5(7)9-3/h2,11H,1H3,(H2,7,8,9,10). The summed E-state index contributed by atoms with van der Waals surface area (Å²) in [6.45, 7) is 1.52. The van der Waals surface area contributed by atoms with Crippen molar-refractivity contribution in [1.29, 1.82) is 0 Å². The van der Waals surface area contributed by atoms with E-state index in [1.54, 1.807) is 0 Å². The third kappa shape index (κ3) is 1.99. The molecule has 0 fully saturated rings. The highest BCUT2D eigenvalue weighted by molar-refractivity contribution is 6.28. The first-order chi connectivity index (χ1) is 5.09. The van der Waals surface area contributed by atoms with Crippen molar-refractivity contribution in [2.75, 3.05) is 5.73 Å². The Labute approximate surface area is 68.3 Å². The van der Waals surface area contributed by atoms with E-state index in [0.717, 1.165) is 0 Å². The number of hydrogen-bond donors (Lipinski definition) is 2. The van der Waals surface area contributed by atoms with Crippen LogP contribution in [0.1, 0.15) is 18.9 Å². The van der Waals surface area contributed by atoms with Crippen LogP contribution in [0, 0.1) is 0 Å². The lowest BCUT2D eigenvalue weighted by atomic mass is 10.4. The summed E-state index contributed by atoms with van der Waals surface area (Å²) in [7, 11) is 0. The van der Waals surface area contributed by atoms with Crippen molar-refractivity contribution in [3.05, 3.63) is 11.1 Å². The van der Waals surface area contributed by atoms with Crippen LogP contribution in [-0.2, 0) is 0 Å². The van der Waals surface area contributed by atoms with E-state index in [4.69, 9.17) is 22.4 Å². The van der Waals surface area contributed by atoms with E-state index in [1.165, 1.54) is 6.92 Å². The number of nitrogens with two attached hydrogens (primary N) is 1. The number of nitrogens with zero attached hydrogens (tertiary/aromatic N) is 3. The highest BCUT2D eigenvalue weighted by atomic mass is 35.5. The van der Waals surface area contributed by atoms with E-state index in [2.05, 4.69) is 15.0 Å². The highest BCUT2D eigenvalue weighted by Gasteiger charge is 2.06. The summed E-state index contributed by atoms with van der Waals surface area (Å²) in [5.74, 6) is 0.198. The summed E-state index contributed by atoms with van der Waals surface area (Å²) in [5.41, 5.74) is 5.24.